The van der Waals surface area contributed by atoms with Gasteiger partial charge in [-0.2, -0.15) is 0 Å². The molecule has 0 aliphatic heterocycles. The number of nitrogens with zero attached hydrogens (tertiary/aromatic N) is 2. The Morgan fingerprint density at radius 1 is 1.56 bits per heavy atom. The normalized spacial score (nSPS) is 13.0. The zero-order chi connectivity index (χ0) is 11.9. The average Bonchev–Trinajstić information content (AvgIpc) is 2.23. The van der Waals surface area contributed by atoms with Crippen LogP contribution in [0.3, 0.4) is 0 Å². The zero-order valence-corrected chi connectivity index (χ0v) is 9.90. The highest BCUT2D eigenvalue weighted by Crippen LogP contribution is 2.18. The summed E-state index contributed by atoms with van der Waals surface area (Å²) < 4.78 is 14.2. The van der Waals surface area contributed by atoms with Crippen LogP contribution in [-0.4, -0.2) is 14.5 Å². The summed E-state index contributed by atoms with van der Waals surface area (Å²) in [5.74, 6) is -0.520. The van der Waals surface area contributed by atoms with Crippen molar-refractivity contribution < 1.29 is 9.50 Å². The summed E-state index contributed by atoms with van der Waals surface area (Å²) in [5, 5.41) is 9.43. The standard InChI is InChI=1S/C10H8BrFN2O2/c1-5(15)9-8(11)10(16)14-4-6(12)2-3-7(14)13-9/h2-5,15H,1H3. The van der Waals surface area contributed by atoms with E-state index in [0.29, 0.717) is 5.65 Å². The number of rotatable bonds is 1. The van der Waals surface area contributed by atoms with E-state index in [1.54, 1.807) is 0 Å². The molecule has 0 radical (unpaired) electrons. The molecule has 0 saturated heterocycles. The second kappa shape index (κ2) is 3.95. The van der Waals surface area contributed by atoms with Gasteiger partial charge >= 0.3 is 0 Å². The first-order valence-corrected chi connectivity index (χ1v) is 5.35. The van der Waals surface area contributed by atoms with Crippen LogP contribution in [0.15, 0.2) is 27.6 Å². The largest absolute Gasteiger partial charge is 0.387 e. The van der Waals surface area contributed by atoms with Crippen LogP contribution >= 0.6 is 15.9 Å². The molecule has 2 heterocycles. The van der Waals surface area contributed by atoms with E-state index in [4.69, 9.17) is 0 Å². The monoisotopic (exact) mass is 286 g/mol. The topological polar surface area (TPSA) is 54.6 Å². The van der Waals surface area contributed by atoms with Crippen molar-refractivity contribution in [3.63, 3.8) is 0 Å². The van der Waals surface area contributed by atoms with Crippen molar-refractivity contribution >= 4 is 21.6 Å². The van der Waals surface area contributed by atoms with E-state index in [-0.39, 0.29) is 10.2 Å². The fourth-order valence-electron chi connectivity index (χ4n) is 1.39. The zero-order valence-electron chi connectivity index (χ0n) is 8.32. The minimum atomic E-state index is -0.864. The number of aromatic nitrogens is 2. The molecule has 84 valence electrons. The summed E-state index contributed by atoms with van der Waals surface area (Å²) in [6.45, 7) is 1.51. The molecule has 0 aliphatic rings. The Kier molecular flexibility index (Phi) is 2.77. The Hall–Kier alpha value is -1.27. The van der Waals surface area contributed by atoms with Gasteiger partial charge in [-0.3, -0.25) is 9.20 Å². The van der Waals surface area contributed by atoms with Crippen LogP contribution in [0.5, 0.6) is 0 Å². The number of pyridine rings is 1. The van der Waals surface area contributed by atoms with Gasteiger partial charge in [-0.25, -0.2) is 9.37 Å². The molecule has 0 aromatic carbocycles. The third-order valence-electron chi connectivity index (χ3n) is 2.15. The van der Waals surface area contributed by atoms with Gasteiger partial charge in [0.05, 0.1) is 11.8 Å². The van der Waals surface area contributed by atoms with Crippen LogP contribution < -0.4 is 5.56 Å². The molecule has 2 aromatic heterocycles. The maximum absolute atomic E-state index is 13.0. The highest BCUT2D eigenvalue weighted by Gasteiger charge is 2.14. The van der Waals surface area contributed by atoms with Crippen molar-refractivity contribution in [2.75, 3.05) is 0 Å². The lowest BCUT2D eigenvalue weighted by Crippen LogP contribution is -2.19. The summed E-state index contributed by atoms with van der Waals surface area (Å²) >= 11 is 3.05. The first kappa shape index (κ1) is 11.2. The third-order valence-corrected chi connectivity index (χ3v) is 2.90. The van der Waals surface area contributed by atoms with Gasteiger partial charge in [0.2, 0.25) is 0 Å². The van der Waals surface area contributed by atoms with Gasteiger partial charge in [0, 0.05) is 6.20 Å². The van der Waals surface area contributed by atoms with E-state index in [1.165, 1.54) is 19.1 Å². The van der Waals surface area contributed by atoms with Crippen molar-refractivity contribution in [1.29, 1.82) is 0 Å². The maximum Gasteiger partial charge on any atom is 0.272 e. The Morgan fingerprint density at radius 2 is 2.25 bits per heavy atom. The van der Waals surface area contributed by atoms with E-state index >= 15 is 0 Å². The van der Waals surface area contributed by atoms with Crippen LogP contribution in [0.25, 0.3) is 5.65 Å². The van der Waals surface area contributed by atoms with Crippen LogP contribution in [0, 0.1) is 5.82 Å². The minimum absolute atomic E-state index is 0.144. The first-order valence-electron chi connectivity index (χ1n) is 4.56. The number of aliphatic hydroxyl groups is 1. The number of aliphatic hydroxyl groups excluding tert-OH is 1. The Balaban J connectivity index is 2.88. The van der Waals surface area contributed by atoms with Crippen molar-refractivity contribution in [2.24, 2.45) is 0 Å². The summed E-state index contributed by atoms with van der Waals surface area (Å²) in [5.41, 5.74) is 0.0995. The third kappa shape index (κ3) is 1.74. The van der Waals surface area contributed by atoms with Crippen molar-refractivity contribution in [1.82, 2.24) is 9.38 Å². The molecule has 1 atom stereocenters. The summed E-state index contributed by atoms with van der Waals surface area (Å²) in [6, 6.07) is 2.59. The van der Waals surface area contributed by atoms with Crippen LogP contribution in [0.2, 0.25) is 0 Å². The van der Waals surface area contributed by atoms with E-state index < -0.39 is 17.5 Å². The molecule has 0 aliphatic carbocycles. The SMILES string of the molecule is CC(O)c1nc2ccc(F)cn2c(=O)c1Br. The van der Waals surface area contributed by atoms with Crippen molar-refractivity contribution in [3.05, 3.63) is 44.7 Å². The number of hydrogen-bond acceptors (Lipinski definition) is 3. The second-order valence-corrected chi connectivity index (χ2v) is 4.16. The van der Waals surface area contributed by atoms with Crippen molar-refractivity contribution in [2.45, 2.75) is 13.0 Å². The van der Waals surface area contributed by atoms with Gasteiger partial charge in [0.1, 0.15) is 15.9 Å². The molecular weight excluding hydrogens is 279 g/mol. The first-order chi connectivity index (χ1) is 7.50. The fourth-order valence-corrected chi connectivity index (χ4v) is 2.00. The summed E-state index contributed by atoms with van der Waals surface area (Å²) in [6.07, 6.45) is 0.193. The lowest BCUT2D eigenvalue weighted by atomic mass is 10.2. The van der Waals surface area contributed by atoms with Gasteiger partial charge in [-0.05, 0) is 35.0 Å². The van der Waals surface area contributed by atoms with E-state index in [0.717, 1.165) is 10.6 Å². The van der Waals surface area contributed by atoms with Gasteiger partial charge in [0.15, 0.2) is 0 Å². The summed E-state index contributed by atoms with van der Waals surface area (Å²) in [7, 11) is 0. The molecule has 2 aromatic rings. The molecule has 0 bridgehead atoms. The molecule has 6 heteroatoms. The predicted molar refractivity (Wildman–Crippen MR) is 59.8 cm³/mol. The number of fused-ring (bicyclic) bond motifs is 1. The number of halogens is 2. The predicted octanol–water partition coefficient (Wildman–Crippen LogP) is 1.65. The lowest BCUT2D eigenvalue weighted by molar-refractivity contribution is 0.193. The summed E-state index contributed by atoms with van der Waals surface area (Å²) in [4.78, 5) is 15.9. The molecule has 2 rings (SSSR count). The van der Waals surface area contributed by atoms with Crippen LogP contribution in [0.1, 0.15) is 18.7 Å². The molecule has 1 N–H and O–H groups in total. The van der Waals surface area contributed by atoms with Gasteiger partial charge in [-0.15, -0.1) is 0 Å². The Morgan fingerprint density at radius 3 is 2.88 bits per heavy atom. The molecule has 0 fully saturated rings. The number of hydrogen-bond donors (Lipinski definition) is 1. The Bertz CT molecular complexity index is 610. The average molecular weight is 287 g/mol. The fraction of sp³-hybridized carbons (Fsp3) is 0.200. The smallest absolute Gasteiger partial charge is 0.272 e. The molecule has 0 saturated carbocycles. The van der Waals surface area contributed by atoms with Gasteiger partial charge < -0.3 is 5.11 Å². The molecule has 16 heavy (non-hydrogen) atoms. The van der Waals surface area contributed by atoms with E-state index in [2.05, 4.69) is 20.9 Å². The molecule has 0 spiro atoms. The lowest BCUT2D eigenvalue weighted by Gasteiger charge is -2.08. The maximum atomic E-state index is 13.0. The van der Waals surface area contributed by atoms with Crippen LogP contribution in [0.4, 0.5) is 4.39 Å². The minimum Gasteiger partial charge on any atom is -0.387 e. The van der Waals surface area contributed by atoms with Crippen LogP contribution in [-0.2, 0) is 0 Å². The van der Waals surface area contributed by atoms with Gasteiger partial charge in [-0.1, -0.05) is 0 Å². The van der Waals surface area contributed by atoms with Crippen molar-refractivity contribution in [3.8, 4) is 0 Å². The molecule has 4 nitrogen and oxygen atoms in total. The van der Waals surface area contributed by atoms with E-state index in [1.807, 2.05) is 0 Å². The van der Waals surface area contributed by atoms with E-state index in [9.17, 15) is 14.3 Å². The molecular formula is C10H8BrFN2O2. The highest BCUT2D eigenvalue weighted by molar-refractivity contribution is 9.10. The molecule has 1 unspecified atom stereocenters. The second-order valence-electron chi connectivity index (χ2n) is 3.37. The Labute approximate surface area is 98.5 Å². The quantitative estimate of drug-likeness (QED) is 0.867. The molecule has 0 amide bonds. The highest BCUT2D eigenvalue weighted by atomic mass is 79.9. The van der Waals surface area contributed by atoms with Gasteiger partial charge in [0.25, 0.3) is 5.56 Å².